The summed E-state index contributed by atoms with van der Waals surface area (Å²) in [7, 11) is 0. The number of benzene rings is 1. The molecule has 35 heavy (non-hydrogen) atoms. The molecular weight excluding hydrogens is 444 g/mol. The maximum Gasteiger partial charge on any atom is 0.228 e. The fourth-order valence-electron chi connectivity index (χ4n) is 4.42. The summed E-state index contributed by atoms with van der Waals surface area (Å²) in [5.74, 6) is 2.30. The van der Waals surface area contributed by atoms with Crippen LogP contribution in [0.3, 0.4) is 0 Å². The van der Waals surface area contributed by atoms with Gasteiger partial charge in [-0.05, 0) is 51.8 Å². The standard InChI is InChI=1S/C26H36N6O3/c1-7-35-22-14-20(9-8-17(22)4)18(5)27-24-21-15-32(16(2)3)25(34)23(21)28-26(29-24)31-12-10-30(11-13-31)19(6)33/h8-9,14-16,18,34H,7,10-13H2,1-6H3,(H,27,28,29)/t18-/m1/s1. The number of aromatic hydroxyl groups is 1. The van der Waals surface area contributed by atoms with Crippen LogP contribution in [0.15, 0.2) is 24.4 Å². The molecule has 9 nitrogen and oxygen atoms in total. The van der Waals surface area contributed by atoms with E-state index < -0.39 is 0 Å². The van der Waals surface area contributed by atoms with E-state index in [1.165, 1.54) is 0 Å². The van der Waals surface area contributed by atoms with E-state index in [2.05, 4.69) is 35.3 Å². The van der Waals surface area contributed by atoms with Crippen LogP contribution in [0.25, 0.3) is 10.9 Å². The van der Waals surface area contributed by atoms with E-state index in [0.717, 1.165) is 22.3 Å². The molecule has 0 aliphatic carbocycles. The van der Waals surface area contributed by atoms with Gasteiger partial charge in [-0.15, -0.1) is 0 Å². The fraction of sp³-hybridized carbons (Fsp3) is 0.500. The smallest absolute Gasteiger partial charge is 0.228 e. The lowest BCUT2D eigenvalue weighted by molar-refractivity contribution is -0.129. The van der Waals surface area contributed by atoms with E-state index in [1.54, 1.807) is 6.92 Å². The van der Waals surface area contributed by atoms with Crippen LogP contribution in [-0.2, 0) is 4.79 Å². The second-order valence-electron chi connectivity index (χ2n) is 9.41. The van der Waals surface area contributed by atoms with Crippen LogP contribution in [0.4, 0.5) is 11.8 Å². The Morgan fingerprint density at radius 2 is 1.89 bits per heavy atom. The summed E-state index contributed by atoms with van der Waals surface area (Å²) in [6, 6.07) is 6.23. The molecule has 1 fully saturated rings. The minimum absolute atomic E-state index is 0.0557. The first kappa shape index (κ1) is 24.6. The molecule has 1 aliphatic heterocycles. The number of carbonyl (C=O) groups is 1. The number of aromatic nitrogens is 3. The zero-order valence-electron chi connectivity index (χ0n) is 21.5. The lowest BCUT2D eigenvalue weighted by atomic mass is 10.1. The van der Waals surface area contributed by atoms with E-state index in [0.29, 0.717) is 50.1 Å². The number of fused-ring (bicyclic) bond motifs is 1. The average molecular weight is 481 g/mol. The van der Waals surface area contributed by atoms with Crippen molar-refractivity contribution in [1.29, 1.82) is 0 Å². The van der Waals surface area contributed by atoms with Crippen molar-refractivity contribution in [3.63, 3.8) is 0 Å². The normalized spacial score (nSPS) is 15.1. The average Bonchev–Trinajstić information content (AvgIpc) is 3.17. The quantitative estimate of drug-likeness (QED) is 0.521. The highest BCUT2D eigenvalue weighted by molar-refractivity contribution is 5.94. The third-order valence-electron chi connectivity index (χ3n) is 6.59. The highest BCUT2D eigenvalue weighted by Gasteiger charge is 2.24. The Balaban J connectivity index is 1.71. The van der Waals surface area contributed by atoms with Crippen molar-refractivity contribution in [2.75, 3.05) is 43.0 Å². The molecule has 2 aromatic heterocycles. The van der Waals surface area contributed by atoms with Crippen LogP contribution in [0.5, 0.6) is 11.6 Å². The lowest BCUT2D eigenvalue weighted by Crippen LogP contribution is -2.48. The van der Waals surface area contributed by atoms with Crippen LogP contribution in [0.2, 0.25) is 0 Å². The maximum absolute atomic E-state index is 11.7. The van der Waals surface area contributed by atoms with Gasteiger partial charge < -0.3 is 29.5 Å². The molecule has 2 N–H and O–H groups in total. The number of piperazine rings is 1. The predicted molar refractivity (Wildman–Crippen MR) is 138 cm³/mol. The molecule has 0 spiro atoms. The molecule has 0 radical (unpaired) electrons. The molecule has 1 saturated heterocycles. The SMILES string of the molecule is CCOc1cc([C@@H](C)Nc2nc(N3CCN(C(C)=O)CC3)nc3c(O)n(C(C)C)cc23)ccc1C. The molecule has 9 heteroatoms. The predicted octanol–water partition coefficient (Wildman–Crippen LogP) is 4.27. The van der Waals surface area contributed by atoms with Crippen molar-refractivity contribution in [2.24, 2.45) is 0 Å². The van der Waals surface area contributed by atoms with E-state index in [-0.39, 0.29) is 23.9 Å². The second-order valence-corrected chi connectivity index (χ2v) is 9.41. The van der Waals surface area contributed by atoms with Crippen molar-refractivity contribution < 1.29 is 14.6 Å². The van der Waals surface area contributed by atoms with Gasteiger partial charge in [0.2, 0.25) is 17.7 Å². The lowest BCUT2D eigenvalue weighted by Gasteiger charge is -2.34. The number of nitrogens with one attached hydrogen (secondary N) is 1. The van der Waals surface area contributed by atoms with Crippen LogP contribution in [-0.4, -0.2) is 63.2 Å². The number of anilines is 2. The zero-order chi connectivity index (χ0) is 25.3. The Hall–Kier alpha value is -3.49. The van der Waals surface area contributed by atoms with Crippen molar-refractivity contribution in [3.05, 3.63) is 35.5 Å². The number of rotatable bonds is 7. The van der Waals surface area contributed by atoms with Gasteiger partial charge in [-0.1, -0.05) is 12.1 Å². The van der Waals surface area contributed by atoms with E-state index in [1.807, 2.05) is 43.4 Å². The largest absolute Gasteiger partial charge is 0.494 e. The molecule has 1 aromatic carbocycles. The first-order chi connectivity index (χ1) is 16.7. The van der Waals surface area contributed by atoms with Crippen LogP contribution >= 0.6 is 0 Å². The summed E-state index contributed by atoms with van der Waals surface area (Å²) < 4.78 is 7.60. The van der Waals surface area contributed by atoms with Crippen LogP contribution in [0, 0.1) is 6.92 Å². The molecule has 1 amide bonds. The van der Waals surface area contributed by atoms with Gasteiger partial charge in [0.1, 0.15) is 17.1 Å². The van der Waals surface area contributed by atoms with Gasteiger partial charge in [0.15, 0.2) is 0 Å². The third kappa shape index (κ3) is 4.99. The van der Waals surface area contributed by atoms with Crippen LogP contribution < -0.4 is 15.0 Å². The molecule has 1 aliphatic rings. The Morgan fingerprint density at radius 1 is 1.17 bits per heavy atom. The Morgan fingerprint density at radius 3 is 2.51 bits per heavy atom. The van der Waals surface area contributed by atoms with E-state index >= 15 is 0 Å². The molecule has 0 unspecified atom stereocenters. The molecule has 3 heterocycles. The minimum atomic E-state index is -0.0557. The van der Waals surface area contributed by atoms with Crippen molar-refractivity contribution in [1.82, 2.24) is 19.4 Å². The van der Waals surface area contributed by atoms with Gasteiger partial charge in [0, 0.05) is 45.3 Å². The maximum atomic E-state index is 11.7. The molecular formula is C26H36N6O3. The van der Waals surface area contributed by atoms with Gasteiger partial charge in [-0.2, -0.15) is 4.98 Å². The van der Waals surface area contributed by atoms with Crippen molar-refractivity contribution in [2.45, 2.75) is 53.6 Å². The molecule has 0 bridgehead atoms. The number of hydrogen-bond donors (Lipinski definition) is 2. The van der Waals surface area contributed by atoms with Crippen LogP contribution in [0.1, 0.15) is 57.8 Å². The Bertz CT molecular complexity index is 1210. The number of amides is 1. The number of aryl methyl sites for hydroxylation is 1. The highest BCUT2D eigenvalue weighted by atomic mass is 16.5. The van der Waals surface area contributed by atoms with Crippen molar-refractivity contribution in [3.8, 4) is 11.6 Å². The first-order valence-electron chi connectivity index (χ1n) is 12.3. The number of nitrogens with zero attached hydrogens (tertiary/aromatic N) is 5. The molecule has 188 valence electrons. The topological polar surface area (TPSA) is 95.8 Å². The minimum Gasteiger partial charge on any atom is -0.494 e. The number of carbonyl (C=O) groups excluding carboxylic acids is 1. The monoisotopic (exact) mass is 480 g/mol. The molecule has 0 saturated carbocycles. The van der Waals surface area contributed by atoms with Gasteiger partial charge in [-0.25, -0.2) is 4.98 Å². The van der Waals surface area contributed by atoms with Gasteiger partial charge in [0.05, 0.1) is 18.0 Å². The fourth-order valence-corrected chi connectivity index (χ4v) is 4.42. The van der Waals surface area contributed by atoms with Gasteiger partial charge in [0.25, 0.3) is 0 Å². The first-order valence-corrected chi connectivity index (χ1v) is 12.3. The number of ether oxygens (including phenoxy) is 1. The van der Waals surface area contributed by atoms with Gasteiger partial charge >= 0.3 is 0 Å². The highest BCUT2D eigenvalue weighted by Crippen LogP contribution is 2.36. The summed E-state index contributed by atoms with van der Waals surface area (Å²) in [6.45, 7) is 14.9. The Kier molecular flexibility index (Phi) is 7.05. The van der Waals surface area contributed by atoms with Crippen molar-refractivity contribution >= 4 is 28.6 Å². The summed E-state index contributed by atoms with van der Waals surface area (Å²) in [5.41, 5.74) is 2.69. The second kappa shape index (κ2) is 10.0. The van der Waals surface area contributed by atoms with E-state index in [4.69, 9.17) is 14.7 Å². The zero-order valence-corrected chi connectivity index (χ0v) is 21.5. The number of hydrogen-bond acceptors (Lipinski definition) is 7. The summed E-state index contributed by atoms with van der Waals surface area (Å²) >= 11 is 0. The summed E-state index contributed by atoms with van der Waals surface area (Å²) in [6.07, 6.45) is 1.91. The Labute approximate surface area is 206 Å². The third-order valence-corrected chi connectivity index (χ3v) is 6.59. The summed E-state index contributed by atoms with van der Waals surface area (Å²) in [5, 5.41) is 15.3. The molecule has 4 rings (SSSR count). The van der Waals surface area contributed by atoms with E-state index in [9.17, 15) is 9.90 Å². The summed E-state index contributed by atoms with van der Waals surface area (Å²) in [4.78, 5) is 25.3. The molecule has 1 atom stereocenters. The molecule has 3 aromatic rings. The van der Waals surface area contributed by atoms with Gasteiger partial charge in [-0.3, -0.25) is 4.79 Å².